The summed E-state index contributed by atoms with van der Waals surface area (Å²) in [4.78, 5) is 0. The zero-order chi connectivity index (χ0) is 39.8. The number of halogens is 8. The highest BCUT2D eigenvalue weighted by molar-refractivity contribution is 6.12. The van der Waals surface area contributed by atoms with Crippen molar-refractivity contribution in [3.8, 4) is 68.8 Å². The van der Waals surface area contributed by atoms with Gasteiger partial charge in [0.05, 0.1) is 11.1 Å². The topological polar surface area (TPSA) is 95.2 Å². The molecule has 0 saturated heterocycles. The van der Waals surface area contributed by atoms with Gasteiger partial charge in [-0.05, 0) is 138 Å². The van der Waals surface area contributed by atoms with Gasteiger partial charge >= 0.3 is 12.4 Å². The van der Waals surface area contributed by atoms with Crippen LogP contribution >= 0.6 is 0 Å². The number of allylic oxidation sites excluding steroid dienone is 2. The first-order valence-electron chi connectivity index (χ1n) is 16.4. The van der Waals surface area contributed by atoms with Crippen LogP contribution in [0.5, 0.6) is 0 Å². The fraction of sp³-hybridized carbons (Fsp3) is 0.0455. The molecule has 8 rings (SSSR count). The van der Waals surface area contributed by atoms with Gasteiger partial charge in [0.15, 0.2) is 0 Å². The van der Waals surface area contributed by atoms with E-state index in [1.54, 1.807) is 60.7 Å². The number of fused-ring (bicyclic) bond motifs is 7. The van der Waals surface area contributed by atoms with Crippen molar-refractivity contribution in [1.29, 1.82) is 21.0 Å². The molecule has 4 nitrogen and oxygen atoms in total. The minimum atomic E-state index is -4.89. The van der Waals surface area contributed by atoms with E-state index in [1.165, 1.54) is 0 Å². The summed E-state index contributed by atoms with van der Waals surface area (Å²) >= 11 is 0. The number of nitrogens with zero attached hydrogens (tertiary/aromatic N) is 4. The van der Waals surface area contributed by atoms with Crippen LogP contribution in [0.25, 0.3) is 66.4 Å². The summed E-state index contributed by atoms with van der Waals surface area (Å²) in [7, 11) is 0. The highest BCUT2D eigenvalue weighted by Crippen LogP contribution is 2.52. The maximum absolute atomic E-state index is 14.6. The summed E-state index contributed by atoms with van der Waals surface area (Å²) in [6.45, 7) is 0. The molecule has 6 aromatic rings. The molecule has 0 aliphatic heterocycles. The van der Waals surface area contributed by atoms with Crippen molar-refractivity contribution in [2.45, 2.75) is 12.4 Å². The van der Waals surface area contributed by atoms with Crippen LogP contribution in [-0.2, 0) is 12.4 Å². The zero-order valence-electron chi connectivity index (χ0n) is 28.1. The van der Waals surface area contributed by atoms with Gasteiger partial charge in [0.2, 0.25) is 0 Å². The first-order valence-corrected chi connectivity index (χ1v) is 16.4. The molecule has 0 aromatic heterocycles. The van der Waals surface area contributed by atoms with Crippen molar-refractivity contribution in [2.75, 3.05) is 0 Å². The Hall–Kier alpha value is -7.54. The molecule has 6 aromatic carbocycles. The van der Waals surface area contributed by atoms with Crippen molar-refractivity contribution in [1.82, 2.24) is 0 Å². The monoisotopic (exact) mass is 752 g/mol. The lowest BCUT2D eigenvalue weighted by Gasteiger charge is -2.11. The van der Waals surface area contributed by atoms with Gasteiger partial charge in [-0.2, -0.15) is 47.4 Å². The molecule has 0 N–H and O–H groups in total. The predicted molar refractivity (Wildman–Crippen MR) is 190 cm³/mol. The molecule has 0 saturated carbocycles. The highest BCUT2D eigenvalue weighted by atomic mass is 19.4. The predicted octanol–water partition coefficient (Wildman–Crippen LogP) is 12.1. The Balaban J connectivity index is 1.29. The third kappa shape index (κ3) is 5.47. The molecule has 2 aliphatic rings. The van der Waals surface area contributed by atoms with Crippen LogP contribution in [0.4, 0.5) is 35.1 Å². The number of benzene rings is 6. The van der Waals surface area contributed by atoms with Crippen LogP contribution in [-0.4, -0.2) is 0 Å². The third-order valence-electron chi connectivity index (χ3n) is 9.97. The fourth-order valence-corrected chi connectivity index (χ4v) is 7.49. The minimum Gasteiger partial charge on any atom is -0.206 e. The summed E-state index contributed by atoms with van der Waals surface area (Å²) < 4.78 is 109. The van der Waals surface area contributed by atoms with Crippen molar-refractivity contribution in [3.63, 3.8) is 0 Å². The average molecular weight is 753 g/mol. The standard InChI is InChI=1S/C44H16F8N4/c45-39-15-23(3-7-37(39)43(47,48)49)21-1-5-29-31-11-25-14-36-32(12-26(25)13-35(31)41(33(29)9-21)27(17-53)18-54)30-6-2-22(10-34(30)42(36)28(19-55)20-56)24-4-8-38(40(46)16-24)44(50,51)52/h1-16H. The number of rotatable bonds is 2. The molecule has 0 fully saturated rings. The smallest absolute Gasteiger partial charge is 0.206 e. The molecule has 0 heterocycles. The fourth-order valence-electron chi connectivity index (χ4n) is 7.49. The van der Waals surface area contributed by atoms with E-state index in [2.05, 4.69) is 0 Å². The minimum absolute atomic E-state index is 0.140. The molecule has 12 heteroatoms. The summed E-state index contributed by atoms with van der Waals surface area (Å²) in [5.74, 6) is -2.92. The lowest BCUT2D eigenvalue weighted by Crippen LogP contribution is -2.07. The Labute approximate surface area is 311 Å². The molecular weight excluding hydrogens is 736 g/mol. The van der Waals surface area contributed by atoms with E-state index in [4.69, 9.17) is 0 Å². The SMILES string of the molecule is N#CC(C#N)=C1c2cc(-c3ccc(C(F)(F)F)c(F)c3)ccc2-c2cc3cc4c(cc3cc21)-c1ccc(-c2ccc(C(F)(F)F)c(F)c2)cc1C4=C(C#N)C#N. The van der Waals surface area contributed by atoms with Gasteiger partial charge in [0.25, 0.3) is 0 Å². The molecule has 268 valence electrons. The van der Waals surface area contributed by atoms with Crippen molar-refractivity contribution in [2.24, 2.45) is 0 Å². The molecule has 0 spiro atoms. The van der Waals surface area contributed by atoms with Gasteiger partial charge in [0, 0.05) is 11.1 Å². The Morgan fingerprint density at radius 3 is 1.00 bits per heavy atom. The van der Waals surface area contributed by atoms with Crippen LogP contribution < -0.4 is 0 Å². The quantitative estimate of drug-likeness (QED) is 0.130. The van der Waals surface area contributed by atoms with Crippen LogP contribution in [0.1, 0.15) is 33.4 Å². The number of hydrogen-bond acceptors (Lipinski definition) is 4. The molecule has 0 bridgehead atoms. The Kier molecular flexibility index (Phi) is 7.93. The van der Waals surface area contributed by atoms with Crippen LogP contribution in [0, 0.1) is 57.0 Å². The average Bonchev–Trinajstić information content (AvgIpc) is 3.63. The second-order valence-corrected chi connectivity index (χ2v) is 13.0. The molecule has 0 atom stereocenters. The van der Waals surface area contributed by atoms with E-state index in [1.807, 2.05) is 24.3 Å². The zero-order valence-corrected chi connectivity index (χ0v) is 28.1. The maximum Gasteiger partial charge on any atom is 0.419 e. The summed E-state index contributed by atoms with van der Waals surface area (Å²) in [6, 6.07) is 29.6. The van der Waals surface area contributed by atoms with Crippen LogP contribution in [0.15, 0.2) is 108 Å². The Morgan fingerprint density at radius 2 is 0.679 bits per heavy atom. The second kappa shape index (κ2) is 12.5. The Bertz CT molecular complexity index is 2780. The number of nitriles is 4. The van der Waals surface area contributed by atoms with Crippen molar-refractivity contribution < 1.29 is 35.1 Å². The van der Waals surface area contributed by atoms with Gasteiger partial charge in [-0.1, -0.05) is 36.4 Å². The van der Waals surface area contributed by atoms with Gasteiger partial charge < -0.3 is 0 Å². The van der Waals surface area contributed by atoms with E-state index in [9.17, 15) is 56.2 Å². The van der Waals surface area contributed by atoms with Crippen LogP contribution in [0.3, 0.4) is 0 Å². The molecule has 0 radical (unpaired) electrons. The Morgan fingerprint density at radius 1 is 0.375 bits per heavy atom. The van der Waals surface area contributed by atoms with Gasteiger partial charge in [-0.3, -0.25) is 0 Å². The van der Waals surface area contributed by atoms with Gasteiger partial charge in [-0.15, -0.1) is 0 Å². The molecule has 0 amide bonds. The number of hydrogen-bond donors (Lipinski definition) is 0. The number of alkyl halides is 6. The first-order chi connectivity index (χ1) is 26.7. The summed E-state index contributed by atoms with van der Waals surface area (Å²) in [5, 5.41) is 41.3. The lowest BCUT2D eigenvalue weighted by atomic mass is 9.93. The first kappa shape index (κ1) is 35.5. The molecular formula is C44H16F8N4. The summed E-state index contributed by atoms with van der Waals surface area (Å²) in [5.41, 5.74) is 2.40. The third-order valence-corrected chi connectivity index (χ3v) is 9.97. The maximum atomic E-state index is 14.6. The van der Waals surface area contributed by atoms with Crippen molar-refractivity contribution in [3.05, 3.63) is 153 Å². The van der Waals surface area contributed by atoms with E-state index in [-0.39, 0.29) is 33.4 Å². The molecule has 56 heavy (non-hydrogen) atoms. The lowest BCUT2D eigenvalue weighted by molar-refractivity contribution is -0.140. The van der Waals surface area contributed by atoms with E-state index in [0.29, 0.717) is 78.5 Å². The second-order valence-electron chi connectivity index (χ2n) is 13.0. The molecule has 2 aliphatic carbocycles. The van der Waals surface area contributed by atoms with Crippen LogP contribution in [0.2, 0.25) is 0 Å². The van der Waals surface area contributed by atoms with E-state index >= 15 is 0 Å². The molecule has 0 unspecified atom stereocenters. The van der Waals surface area contributed by atoms with E-state index < -0.39 is 35.1 Å². The van der Waals surface area contributed by atoms with E-state index in [0.717, 1.165) is 24.3 Å². The summed E-state index contributed by atoms with van der Waals surface area (Å²) in [6.07, 6.45) is -9.78. The van der Waals surface area contributed by atoms with Crippen molar-refractivity contribution >= 4 is 21.9 Å². The largest absolute Gasteiger partial charge is 0.419 e. The normalized spacial score (nSPS) is 12.5. The van der Waals surface area contributed by atoms with Gasteiger partial charge in [-0.25, -0.2) is 8.78 Å². The van der Waals surface area contributed by atoms with Gasteiger partial charge in [0.1, 0.15) is 47.1 Å². The highest BCUT2D eigenvalue weighted by Gasteiger charge is 2.36.